The van der Waals surface area contributed by atoms with Gasteiger partial charge in [0.15, 0.2) is 5.58 Å². The lowest BCUT2D eigenvalue weighted by atomic mass is 10.1. The maximum Gasteiger partial charge on any atom is 0.167 e. The second-order valence-electron chi connectivity index (χ2n) is 6.32. The molecule has 3 aromatic rings. The Bertz CT molecular complexity index is 853. The van der Waals surface area contributed by atoms with Crippen molar-refractivity contribution in [3.05, 3.63) is 58.7 Å². The second kappa shape index (κ2) is 6.46. The molecule has 1 saturated heterocycles. The normalized spacial score (nSPS) is 16.0. The average molecular weight is 342 g/mol. The van der Waals surface area contributed by atoms with Gasteiger partial charge in [0.05, 0.1) is 0 Å². The third kappa shape index (κ3) is 2.99. The molecule has 1 aromatic heterocycles. The third-order valence-corrected chi connectivity index (χ3v) is 4.94. The van der Waals surface area contributed by atoms with Crippen LogP contribution in [-0.2, 0) is 6.54 Å². The van der Waals surface area contributed by atoms with E-state index in [0.717, 1.165) is 54.4 Å². The molecule has 0 amide bonds. The van der Waals surface area contributed by atoms with Crippen LogP contribution >= 0.6 is 11.6 Å². The Labute approximate surface area is 146 Å². The Morgan fingerprint density at radius 3 is 2.71 bits per heavy atom. The smallest absolute Gasteiger partial charge is 0.167 e. The molecule has 2 aromatic carbocycles. The molecular formula is C19H20ClN3O. The van der Waals surface area contributed by atoms with E-state index in [0.29, 0.717) is 0 Å². The molecule has 0 saturated carbocycles. The highest BCUT2D eigenvalue weighted by Gasteiger charge is 2.20. The summed E-state index contributed by atoms with van der Waals surface area (Å²) >= 11 is 6.16. The molecule has 2 heterocycles. The molecule has 24 heavy (non-hydrogen) atoms. The predicted octanol–water partition coefficient (Wildman–Crippen LogP) is 4.11. The van der Waals surface area contributed by atoms with Crippen molar-refractivity contribution < 1.29 is 4.52 Å². The number of fused-ring (bicyclic) bond motifs is 1. The largest absolute Gasteiger partial charge is 0.369 e. The number of benzene rings is 2. The van der Waals surface area contributed by atoms with Crippen LogP contribution in [0, 0.1) is 6.92 Å². The van der Waals surface area contributed by atoms with Crippen molar-refractivity contribution in [1.29, 1.82) is 0 Å². The number of aromatic nitrogens is 1. The van der Waals surface area contributed by atoms with Crippen LogP contribution in [-0.4, -0.2) is 36.2 Å². The summed E-state index contributed by atoms with van der Waals surface area (Å²) in [5, 5.41) is 6.16. The number of hydrogen-bond acceptors (Lipinski definition) is 4. The van der Waals surface area contributed by atoms with Crippen LogP contribution in [0.25, 0.3) is 11.0 Å². The summed E-state index contributed by atoms with van der Waals surface area (Å²) in [6, 6.07) is 14.2. The van der Waals surface area contributed by atoms with E-state index in [4.69, 9.17) is 16.1 Å². The number of anilines is 1. The number of rotatable bonds is 3. The highest BCUT2D eigenvalue weighted by atomic mass is 35.5. The highest BCUT2D eigenvalue weighted by molar-refractivity contribution is 6.30. The molecule has 0 aliphatic carbocycles. The highest BCUT2D eigenvalue weighted by Crippen LogP contribution is 2.26. The molecule has 4 nitrogen and oxygen atoms in total. The molecule has 1 aliphatic heterocycles. The predicted molar refractivity (Wildman–Crippen MR) is 97.7 cm³/mol. The lowest BCUT2D eigenvalue weighted by Crippen LogP contribution is -2.46. The van der Waals surface area contributed by atoms with Gasteiger partial charge in [-0.05, 0) is 36.8 Å². The number of para-hydroxylation sites is 1. The lowest BCUT2D eigenvalue weighted by molar-refractivity contribution is 0.243. The second-order valence-corrected chi connectivity index (χ2v) is 6.76. The Morgan fingerprint density at radius 2 is 1.88 bits per heavy atom. The molecule has 4 rings (SSSR count). The molecule has 5 heteroatoms. The average Bonchev–Trinajstić information content (AvgIpc) is 3.01. The minimum Gasteiger partial charge on any atom is -0.369 e. The number of piperazine rings is 1. The summed E-state index contributed by atoms with van der Waals surface area (Å²) in [5.74, 6) is 0. The van der Waals surface area contributed by atoms with Crippen molar-refractivity contribution in [1.82, 2.24) is 10.1 Å². The Hall–Kier alpha value is -2.04. The van der Waals surface area contributed by atoms with Crippen molar-refractivity contribution in [2.45, 2.75) is 13.5 Å². The first kappa shape index (κ1) is 15.5. The van der Waals surface area contributed by atoms with Gasteiger partial charge in [-0.25, -0.2) is 0 Å². The molecule has 1 aliphatic rings. The van der Waals surface area contributed by atoms with E-state index >= 15 is 0 Å². The van der Waals surface area contributed by atoms with Crippen molar-refractivity contribution in [2.75, 3.05) is 31.1 Å². The van der Waals surface area contributed by atoms with Crippen molar-refractivity contribution in [3.8, 4) is 0 Å². The van der Waals surface area contributed by atoms with Crippen LogP contribution in [0.1, 0.15) is 11.3 Å². The first-order chi connectivity index (χ1) is 11.7. The maximum absolute atomic E-state index is 6.16. The summed E-state index contributed by atoms with van der Waals surface area (Å²) in [4.78, 5) is 4.85. The Morgan fingerprint density at radius 1 is 1.08 bits per heavy atom. The topological polar surface area (TPSA) is 32.5 Å². The first-order valence-electron chi connectivity index (χ1n) is 8.27. The standard InChI is InChI=1S/C19H20ClN3O/c1-14-6-7-15(20)12-18(14)23-10-8-22(9-11-23)13-17-16-4-2-3-5-19(16)24-21-17/h2-7,12H,8-11,13H2,1H3. The molecule has 0 N–H and O–H groups in total. The SMILES string of the molecule is Cc1ccc(Cl)cc1N1CCN(Cc2noc3ccccc23)CC1. The molecule has 0 unspecified atom stereocenters. The van der Waals surface area contributed by atoms with Gasteiger partial charge in [-0.2, -0.15) is 0 Å². The van der Waals surface area contributed by atoms with Crippen LogP contribution < -0.4 is 4.90 Å². The zero-order valence-corrected chi connectivity index (χ0v) is 14.5. The number of hydrogen-bond donors (Lipinski definition) is 0. The van der Waals surface area contributed by atoms with E-state index < -0.39 is 0 Å². The molecule has 0 bridgehead atoms. The van der Waals surface area contributed by atoms with E-state index in [-0.39, 0.29) is 0 Å². The van der Waals surface area contributed by atoms with Gasteiger partial charge >= 0.3 is 0 Å². The number of aryl methyl sites for hydroxylation is 1. The maximum atomic E-state index is 6.16. The van der Waals surface area contributed by atoms with E-state index in [2.05, 4.69) is 40.1 Å². The minimum atomic E-state index is 0.798. The van der Waals surface area contributed by atoms with Crippen molar-refractivity contribution >= 4 is 28.3 Å². The van der Waals surface area contributed by atoms with Crippen LogP contribution in [0.2, 0.25) is 5.02 Å². The zero-order valence-electron chi connectivity index (χ0n) is 13.7. The van der Waals surface area contributed by atoms with Crippen LogP contribution in [0.15, 0.2) is 47.0 Å². The Balaban J connectivity index is 1.44. The van der Waals surface area contributed by atoms with Crippen LogP contribution in [0.3, 0.4) is 0 Å². The van der Waals surface area contributed by atoms with Gasteiger partial charge in [-0.3, -0.25) is 4.90 Å². The lowest BCUT2D eigenvalue weighted by Gasteiger charge is -2.36. The van der Waals surface area contributed by atoms with Gasteiger partial charge in [0.1, 0.15) is 5.69 Å². The minimum absolute atomic E-state index is 0.798. The zero-order chi connectivity index (χ0) is 16.5. The van der Waals surface area contributed by atoms with Gasteiger partial charge in [0.25, 0.3) is 0 Å². The molecule has 0 spiro atoms. The summed E-state index contributed by atoms with van der Waals surface area (Å²) in [5.41, 5.74) is 4.41. The fourth-order valence-electron chi connectivity index (χ4n) is 3.33. The number of halogens is 1. The quantitative estimate of drug-likeness (QED) is 0.717. The fourth-order valence-corrected chi connectivity index (χ4v) is 3.50. The summed E-state index contributed by atoms with van der Waals surface area (Å²) in [7, 11) is 0. The van der Waals surface area contributed by atoms with Gasteiger partial charge in [0, 0.05) is 48.8 Å². The van der Waals surface area contributed by atoms with E-state index in [1.807, 2.05) is 24.3 Å². The summed E-state index contributed by atoms with van der Waals surface area (Å²) in [6.07, 6.45) is 0. The molecular weight excluding hydrogens is 322 g/mol. The van der Waals surface area contributed by atoms with Crippen LogP contribution in [0.4, 0.5) is 5.69 Å². The third-order valence-electron chi connectivity index (χ3n) is 4.71. The van der Waals surface area contributed by atoms with E-state index in [9.17, 15) is 0 Å². The van der Waals surface area contributed by atoms with Crippen molar-refractivity contribution in [2.24, 2.45) is 0 Å². The van der Waals surface area contributed by atoms with Gasteiger partial charge in [-0.1, -0.05) is 35.0 Å². The summed E-state index contributed by atoms with van der Waals surface area (Å²) < 4.78 is 5.41. The van der Waals surface area contributed by atoms with E-state index in [1.165, 1.54) is 11.3 Å². The first-order valence-corrected chi connectivity index (χ1v) is 8.65. The van der Waals surface area contributed by atoms with Gasteiger partial charge < -0.3 is 9.42 Å². The number of nitrogens with zero attached hydrogens (tertiary/aromatic N) is 3. The molecule has 1 fully saturated rings. The van der Waals surface area contributed by atoms with E-state index in [1.54, 1.807) is 0 Å². The molecule has 0 atom stereocenters. The fraction of sp³-hybridized carbons (Fsp3) is 0.316. The molecule has 0 radical (unpaired) electrons. The van der Waals surface area contributed by atoms with Crippen LogP contribution in [0.5, 0.6) is 0 Å². The van der Waals surface area contributed by atoms with Crippen molar-refractivity contribution in [3.63, 3.8) is 0 Å². The molecule has 124 valence electrons. The Kier molecular flexibility index (Phi) is 4.17. The van der Waals surface area contributed by atoms with Gasteiger partial charge in [0.2, 0.25) is 0 Å². The van der Waals surface area contributed by atoms with Gasteiger partial charge in [-0.15, -0.1) is 0 Å². The monoisotopic (exact) mass is 341 g/mol. The summed E-state index contributed by atoms with van der Waals surface area (Å²) in [6.45, 7) is 6.98.